The Morgan fingerprint density at radius 3 is 2.50 bits per heavy atom. The molecule has 0 radical (unpaired) electrons. The molecule has 5 heteroatoms. The maximum Gasteiger partial charge on any atom is 0.215 e. The largest absolute Gasteiger partial charge is 0.474 e. The number of hydrogen-bond acceptors (Lipinski definition) is 4. The molecule has 0 saturated carbocycles. The molecule has 122 valence electrons. The summed E-state index contributed by atoms with van der Waals surface area (Å²) >= 11 is 6.26. The van der Waals surface area contributed by atoms with E-state index < -0.39 is 0 Å². The van der Waals surface area contributed by atoms with E-state index >= 15 is 0 Å². The van der Waals surface area contributed by atoms with Crippen LogP contribution in [-0.2, 0) is 0 Å². The van der Waals surface area contributed by atoms with Crippen LogP contribution in [0.15, 0.2) is 36.4 Å². The highest BCUT2D eigenvalue weighted by Crippen LogP contribution is 2.31. The van der Waals surface area contributed by atoms with Crippen LogP contribution in [0, 0.1) is 11.3 Å². The molecule has 0 spiro atoms. The Morgan fingerprint density at radius 1 is 1.12 bits per heavy atom. The Bertz CT molecular complexity index is 772. The van der Waals surface area contributed by atoms with Gasteiger partial charge in [0.1, 0.15) is 6.10 Å². The fourth-order valence-electron chi connectivity index (χ4n) is 3.67. The molecule has 0 aliphatic carbocycles. The van der Waals surface area contributed by atoms with Gasteiger partial charge in [0.25, 0.3) is 0 Å². The second-order valence-electron chi connectivity index (χ2n) is 6.55. The summed E-state index contributed by atoms with van der Waals surface area (Å²) in [5.74, 6) is 0.577. The summed E-state index contributed by atoms with van der Waals surface area (Å²) in [5, 5.41) is 13.1. The van der Waals surface area contributed by atoms with Gasteiger partial charge in [0.15, 0.2) is 0 Å². The quantitative estimate of drug-likeness (QED) is 0.920. The molecule has 4 nitrogen and oxygen atoms in total. The topological polar surface area (TPSA) is 57.9 Å². The molecule has 2 aromatic rings. The highest BCUT2D eigenvalue weighted by atomic mass is 35.5. The summed E-state index contributed by atoms with van der Waals surface area (Å²) in [4.78, 5) is 4.61. The Labute approximate surface area is 146 Å². The van der Waals surface area contributed by atoms with Gasteiger partial charge in [0, 0.05) is 28.7 Å². The van der Waals surface area contributed by atoms with E-state index in [9.17, 15) is 0 Å². The number of halogens is 1. The number of nitrogens with one attached hydrogen (secondary N) is 1. The van der Waals surface area contributed by atoms with E-state index in [-0.39, 0.29) is 6.10 Å². The van der Waals surface area contributed by atoms with Gasteiger partial charge >= 0.3 is 0 Å². The normalized spacial score (nSPS) is 25.2. The molecule has 3 heterocycles. The molecule has 1 aromatic heterocycles. The molecule has 2 atom stereocenters. The third-order valence-electron chi connectivity index (χ3n) is 4.79. The van der Waals surface area contributed by atoms with Crippen LogP contribution in [0.2, 0.25) is 5.02 Å². The van der Waals surface area contributed by atoms with Gasteiger partial charge in [-0.1, -0.05) is 23.7 Å². The number of piperidine rings is 1. The highest BCUT2D eigenvalue weighted by Gasteiger charge is 2.34. The standard InChI is InChI=1S/C19H18ClN3O/c20-14-7-18(13-3-1-12(11-21)2-4-13)23-19(8-14)24-17-9-15-5-6-16(10-17)22-15/h1-4,7-8,15-17,22H,5-6,9-10H2. The molecular formula is C19H18ClN3O. The zero-order valence-electron chi connectivity index (χ0n) is 13.2. The summed E-state index contributed by atoms with van der Waals surface area (Å²) in [7, 11) is 0. The van der Waals surface area contributed by atoms with Crippen molar-refractivity contribution in [1.82, 2.24) is 10.3 Å². The van der Waals surface area contributed by atoms with Gasteiger partial charge in [0.2, 0.25) is 5.88 Å². The van der Waals surface area contributed by atoms with Crippen LogP contribution in [0.3, 0.4) is 0 Å². The van der Waals surface area contributed by atoms with E-state index in [2.05, 4.69) is 16.4 Å². The van der Waals surface area contributed by atoms with Crippen molar-refractivity contribution < 1.29 is 4.74 Å². The third-order valence-corrected chi connectivity index (χ3v) is 5.01. The molecule has 1 N–H and O–H groups in total. The van der Waals surface area contributed by atoms with Crippen LogP contribution in [0.1, 0.15) is 31.2 Å². The molecule has 0 amide bonds. The van der Waals surface area contributed by atoms with Crippen molar-refractivity contribution in [2.24, 2.45) is 0 Å². The van der Waals surface area contributed by atoms with E-state index in [1.165, 1.54) is 12.8 Å². The number of aromatic nitrogens is 1. The summed E-state index contributed by atoms with van der Waals surface area (Å²) < 4.78 is 6.14. The molecule has 2 unspecified atom stereocenters. The zero-order chi connectivity index (χ0) is 16.5. The SMILES string of the molecule is N#Cc1ccc(-c2cc(Cl)cc(OC3CC4CCC(C3)N4)n2)cc1. The average molecular weight is 340 g/mol. The molecule has 2 fully saturated rings. The molecule has 2 aliphatic rings. The number of nitriles is 1. The van der Waals surface area contributed by atoms with Crippen LogP contribution in [0.25, 0.3) is 11.3 Å². The summed E-state index contributed by atoms with van der Waals surface area (Å²) in [6.45, 7) is 0. The van der Waals surface area contributed by atoms with E-state index in [0.717, 1.165) is 24.1 Å². The summed E-state index contributed by atoms with van der Waals surface area (Å²) in [5.41, 5.74) is 2.31. The summed E-state index contributed by atoms with van der Waals surface area (Å²) in [6.07, 6.45) is 4.73. The maximum atomic E-state index is 8.91. The van der Waals surface area contributed by atoms with Crippen molar-refractivity contribution in [3.05, 3.63) is 47.0 Å². The van der Waals surface area contributed by atoms with Gasteiger partial charge in [-0.05, 0) is 43.9 Å². The Morgan fingerprint density at radius 2 is 1.83 bits per heavy atom. The first-order chi connectivity index (χ1) is 11.7. The number of fused-ring (bicyclic) bond motifs is 2. The predicted molar refractivity (Wildman–Crippen MR) is 93.0 cm³/mol. The molecule has 2 bridgehead atoms. The van der Waals surface area contributed by atoms with Crippen LogP contribution >= 0.6 is 11.6 Å². The Kier molecular flexibility index (Phi) is 4.13. The van der Waals surface area contributed by atoms with Crippen LogP contribution in [-0.4, -0.2) is 23.2 Å². The smallest absolute Gasteiger partial charge is 0.215 e. The monoisotopic (exact) mass is 339 g/mol. The van der Waals surface area contributed by atoms with Gasteiger partial charge in [-0.3, -0.25) is 0 Å². The predicted octanol–water partition coefficient (Wildman–Crippen LogP) is 3.94. The lowest BCUT2D eigenvalue weighted by molar-refractivity contribution is 0.132. The first kappa shape index (κ1) is 15.4. The Balaban J connectivity index is 1.55. The number of benzene rings is 1. The van der Waals surface area contributed by atoms with Crippen molar-refractivity contribution in [2.45, 2.75) is 43.9 Å². The fraction of sp³-hybridized carbons (Fsp3) is 0.368. The van der Waals surface area contributed by atoms with Gasteiger partial charge in [-0.15, -0.1) is 0 Å². The maximum absolute atomic E-state index is 8.91. The zero-order valence-corrected chi connectivity index (χ0v) is 14.0. The van der Waals surface area contributed by atoms with E-state index in [1.807, 2.05) is 18.2 Å². The highest BCUT2D eigenvalue weighted by molar-refractivity contribution is 6.30. The molecule has 4 rings (SSSR count). The van der Waals surface area contributed by atoms with Gasteiger partial charge in [0.05, 0.1) is 17.3 Å². The second-order valence-corrected chi connectivity index (χ2v) is 6.98. The number of ether oxygens (including phenoxy) is 1. The van der Waals surface area contributed by atoms with Crippen molar-refractivity contribution in [3.8, 4) is 23.2 Å². The van der Waals surface area contributed by atoms with Crippen molar-refractivity contribution >= 4 is 11.6 Å². The lowest BCUT2D eigenvalue weighted by Gasteiger charge is -2.29. The van der Waals surface area contributed by atoms with E-state index in [4.69, 9.17) is 21.6 Å². The number of nitrogens with zero attached hydrogens (tertiary/aromatic N) is 2. The molecule has 2 saturated heterocycles. The van der Waals surface area contributed by atoms with Crippen molar-refractivity contribution in [3.63, 3.8) is 0 Å². The molecule has 1 aromatic carbocycles. The van der Waals surface area contributed by atoms with Crippen molar-refractivity contribution in [2.75, 3.05) is 0 Å². The molecule has 24 heavy (non-hydrogen) atoms. The number of hydrogen-bond donors (Lipinski definition) is 1. The average Bonchev–Trinajstić information content (AvgIpc) is 2.93. The van der Waals surface area contributed by atoms with Crippen molar-refractivity contribution in [1.29, 1.82) is 5.26 Å². The first-order valence-electron chi connectivity index (χ1n) is 8.30. The van der Waals surface area contributed by atoms with Crippen LogP contribution in [0.4, 0.5) is 0 Å². The number of pyridine rings is 1. The number of rotatable bonds is 3. The molecule has 2 aliphatic heterocycles. The van der Waals surface area contributed by atoms with Gasteiger partial charge in [-0.25, -0.2) is 4.98 Å². The van der Waals surface area contributed by atoms with E-state index in [1.54, 1.807) is 18.2 Å². The minimum absolute atomic E-state index is 0.198. The van der Waals surface area contributed by atoms with E-state index in [0.29, 0.717) is 28.5 Å². The minimum atomic E-state index is 0.198. The lowest BCUT2D eigenvalue weighted by atomic mass is 10.0. The van der Waals surface area contributed by atoms with Crippen LogP contribution < -0.4 is 10.1 Å². The summed E-state index contributed by atoms with van der Waals surface area (Å²) in [6, 6.07) is 14.2. The Hall–Kier alpha value is -2.09. The fourth-order valence-corrected chi connectivity index (χ4v) is 3.87. The lowest BCUT2D eigenvalue weighted by Crippen LogP contribution is -2.42. The molecular weight excluding hydrogens is 322 g/mol. The van der Waals surface area contributed by atoms with Gasteiger partial charge in [-0.2, -0.15) is 5.26 Å². The second kappa shape index (κ2) is 6.43. The third kappa shape index (κ3) is 3.24. The van der Waals surface area contributed by atoms with Gasteiger partial charge < -0.3 is 10.1 Å². The minimum Gasteiger partial charge on any atom is -0.474 e. The first-order valence-corrected chi connectivity index (χ1v) is 8.68. The van der Waals surface area contributed by atoms with Crippen LogP contribution in [0.5, 0.6) is 5.88 Å².